The van der Waals surface area contributed by atoms with E-state index in [-0.39, 0.29) is 0 Å². The highest BCUT2D eigenvalue weighted by molar-refractivity contribution is 9.09. The topological polar surface area (TPSA) is 3.24 Å². The van der Waals surface area contributed by atoms with Crippen molar-refractivity contribution in [1.82, 2.24) is 4.90 Å². The van der Waals surface area contributed by atoms with E-state index in [0.717, 1.165) is 6.04 Å². The quantitative estimate of drug-likeness (QED) is 0.661. The van der Waals surface area contributed by atoms with Gasteiger partial charge in [-0.3, -0.25) is 4.90 Å². The van der Waals surface area contributed by atoms with E-state index in [2.05, 4.69) is 27.8 Å². The molecule has 1 nitrogen and oxygen atoms in total. The summed E-state index contributed by atoms with van der Waals surface area (Å²) >= 11 is 3.71. The SMILES string of the molecule is CCCN(CC1(CBr)CCC1)C1CC1. The first kappa shape index (κ1) is 10.9. The van der Waals surface area contributed by atoms with Crippen molar-refractivity contribution in [2.24, 2.45) is 5.41 Å². The van der Waals surface area contributed by atoms with E-state index < -0.39 is 0 Å². The first-order valence-corrected chi connectivity index (χ1v) is 7.22. The van der Waals surface area contributed by atoms with Crippen LogP contribution in [0.25, 0.3) is 0 Å². The summed E-state index contributed by atoms with van der Waals surface area (Å²) < 4.78 is 0. The largest absolute Gasteiger partial charge is 0.300 e. The number of hydrogen-bond donors (Lipinski definition) is 0. The molecule has 0 amide bonds. The van der Waals surface area contributed by atoms with Gasteiger partial charge < -0.3 is 0 Å². The maximum Gasteiger partial charge on any atom is 0.0100 e. The fourth-order valence-electron chi connectivity index (χ4n) is 2.56. The lowest BCUT2D eigenvalue weighted by Crippen LogP contribution is -2.44. The molecule has 0 aromatic heterocycles. The highest BCUT2D eigenvalue weighted by Gasteiger charge is 2.40. The molecule has 82 valence electrons. The van der Waals surface area contributed by atoms with Crippen LogP contribution in [-0.4, -0.2) is 29.4 Å². The molecule has 0 aromatic rings. The number of halogens is 1. The van der Waals surface area contributed by atoms with Gasteiger partial charge >= 0.3 is 0 Å². The molecule has 0 aromatic carbocycles. The van der Waals surface area contributed by atoms with Gasteiger partial charge in [-0.25, -0.2) is 0 Å². The van der Waals surface area contributed by atoms with Gasteiger partial charge in [0.1, 0.15) is 0 Å². The van der Waals surface area contributed by atoms with Crippen LogP contribution in [0, 0.1) is 5.41 Å². The van der Waals surface area contributed by atoms with Crippen molar-refractivity contribution in [3.05, 3.63) is 0 Å². The van der Waals surface area contributed by atoms with Crippen LogP contribution in [0.3, 0.4) is 0 Å². The molecule has 0 heterocycles. The fourth-order valence-corrected chi connectivity index (χ4v) is 3.30. The van der Waals surface area contributed by atoms with Gasteiger partial charge in [-0.2, -0.15) is 0 Å². The molecular formula is C12H22BrN. The number of nitrogens with zero attached hydrogens (tertiary/aromatic N) is 1. The van der Waals surface area contributed by atoms with Crippen LogP contribution in [0.2, 0.25) is 0 Å². The van der Waals surface area contributed by atoms with Gasteiger partial charge in [0.15, 0.2) is 0 Å². The summed E-state index contributed by atoms with van der Waals surface area (Å²) in [7, 11) is 0. The highest BCUT2D eigenvalue weighted by Crippen LogP contribution is 2.44. The van der Waals surface area contributed by atoms with E-state index in [1.807, 2.05) is 0 Å². The first-order chi connectivity index (χ1) is 6.79. The molecule has 14 heavy (non-hydrogen) atoms. The Morgan fingerprint density at radius 3 is 2.43 bits per heavy atom. The molecule has 0 bridgehead atoms. The second kappa shape index (κ2) is 4.52. The summed E-state index contributed by atoms with van der Waals surface area (Å²) in [5.74, 6) is 0. The Hall–Kier alpha value is 0.440. The summed E-state index contributed by atoms with van der Waals surface area (Å²) in [6.45, 7) is 4.98. The molecule has 2 heteroatoms. The molecule has 2 aliphatic carbocycles. The Kier molecular flexibility index (Phi) is 3.54. The smallest absolute Gasteiger partial charge is 0.0100 e. The fraction of sp³-hybridized carbons (Fsp3) is 1.00. The Bertz CT molecular complexity index is 179. The van der Waals surface area contributed by atoms with Crippen molar-refractivity contribution in [3.8, 4) is 0 Å². The zero-order valence-electron chi connectivity index (χ0n) is 9.27. The minimum absolute atomic E-state index is 0.651. The van der Waals surface area contributed by atoms with Crippen molar-refractivity contribution >= 4 is 15.9 Å². The molecule has 0 aliphatic heterocycles. The monoisotopic (exact) mass is 259 g/mol. The van der Waals surface area contributed by atoms with Gasteiger partial charge in [-0.05, 0) is 44.1 Å². The number of rotatable bonds is 6. The van der Waals surface area contributed by atoms with Gasteiger partial charge in [0, 0.05) is 17.9 Å². The molecular weight excluding hydrogens is 238 g/mol. The van der Waals surface area contributed by atoms with E-state index in [4.69, 9.17) is 0 Å². The molecule has 2 fully saturated rings. The third kappa shape index (κ3) is 2.33. The Balaban J connectivity index is 1.85. The molecule has 0 spiro atoms. The Labute approximate surface area is 96.4 Å². The molecule has 2 rings (SSSR count). The maximum absolute atomic E-state index is 3.71. The first-order valence-electron chi connectivity index (χ1n) is 6.10. The van der Waals surface area contributed by atoms with E-state index >= 15 is 0 Å². The molecule has 0 N–H and O–H groups in total. The van der Waals surface area contributed by atoms with E-state index in [1.165, 1.54) is 56.9 Å². The predicted octanol–water partition coefficient (Wildman–Crippen LogP) is 3.43. The Morgan fingerprint density at radius 1 is 1.36 bits per heavy atom. The van der Waals surface area contributed by atoms with Crippen molar-refractivity contribution in [2.45, 2.75) is 51.5 Å². The third-order valence-corrected chi connectivity index (χ3v) is 5.00. The van der Waals surface area contributed by atoms with Crippen LogP contribution in [0.1, 0.15) is 45.4 Å². The van der Waals surface area contributed by atoms with Crippen molar-refractivity contribution in [2.75, 3.05) is 18.4 Å². The van der Waals surface area contributed by atoms with Crippen LogP contribution in [0.4, 0.5) is 0 Å². The minimum Gasteiger partial charge on any atom is -0.300 e. The molecule has 0 radical (unpaired) electrons. The molecule has 2 aliphatic rings. The van der Waals surface area contributed by atoms with Crippen molar-refractivity contribution < 1.29 is 0 Å². The lowest BCUT2D eigenvalue weighted by Gasteiger charge is -2.44. The van der Waals surface area contributed by atoms with E-state index in [9.17, 15) is 0 Å². The second-order valence-corrected chi connectivity index (χ2v) is 5.75. The molecule has 0 atom stereocenters. The van der Waals surface area contributed by atoms with Gasteiger partial charge in [-0.1, -0.05) is 29.3 Å². The van der Waals surface area contributed by atoms with Crippen molar-refractivity contribution in [1.29, 1.82) is 0 Å². The predicted molar refractivity (Wildman–Crippen MR) is 65.0 cm³/mol. The average Bonchev–Trinajstić information content (AvgIpc) is 2.92. The summed E-state index contributed by atoms with van der Waals surface area (Å²) in [6.07, 6.45) is 8.58. The van der Waals surface area contributed by atoms with E-state index in [0.29, 0.717) is 5.41 Å². The van der Waals surface area contributed by atoms with Crippen LogP contribution >= 0.6 is 15.9 Å². The molecule has 0 saturated heterocycles. The molecule has 2 saturated carbocycles. The zero-order chi connectivity index (χ0) is 10.0. The van der Waals surface area contributed by atoms with Crippen LogP contribution in [0.5, 0.6) is 0 Å². The third-order valence-electron chi connectivity index (χ3n) is 3.81. The standard InChI is InChI=1S/C12H22BrN/c1-2-8-14(11-4-5-11)10-12(9-13)6-3-7-12/h11H,2-10H2,1H3. The lowest BCUT2D eigenvalue weighted by atomic mass is 9.70. The average molecular weight is 260 g/mol. The van der Waals surface area contributed by atoms with E-state index in [1.54, 1.807) is 0 Å². The summed E-state index contributed by atoms with van der Waals surface area (Å²) in [6, 6.07) is 0.950. The van der Waals surface area contributed by atoms with Crippen LogP contribution in [0.15, 0.2) is 0 Å². The maximum atomic E-state index is 3.71. The minimum atomic E-state index is 0.651. The summed E-state index contributed by atoms with van der Waals surface area (Å²) in [4.78, 5) is 2.75. The highest BCUT2D eigenvalue weighted by atomic mass is 79.9. The van der Waals surface area contributed by atoms with Gasteiger partial charge in [0.25, 0.3) is 0 Å². The molecule has 0 unspecified atom stereocenters. The summed E-state index contributed by atoms with van der Waals surface area (Å²) in [5.41, 5.74) is 0.651. The van der Waals surface area contributed by atoms with Gasteiger partial charge in [0.2, 0.25) is 0 Å². The second-order valence-electron chi connectivity index (χ2n) is 5.19. The Morgan fingerprint density at radius 2 is 2.07 bits per heavy atom. The normalized spacial score (nSPS) is 25.1. The van der Waals surface area contributed by atoms with Crippen LogP contribution in [-0.2, 0) is 0 Å². The van der Waals surface area contributed by atoms with Crippen LogP contribution < -0.4 is 0 Å². The van der Waals surface area contributed by atoms with Gasteiger partial charge in [0.05, 0.1) is 0 Å². The number of alkyl halides is 1. The number of hydrogen-bond acceptors (Lipinski definition) is 1. The van der Waals surface area contributed by atoms with Crippen molar-refractivity contribution in [3.63, 3.8) is 0 Å². The lowest BCUT2D eigenvalue weighted by molar-refractivity contribution is 0.0864. The zero-order valence-corrected chi connectivity index (χ0v) is 10.9. The van der Waals surface area contributed by atoms with Gasteiger partial charge in [-0.15, -0.1) is 0 Å². The summed E-state index contributed by atoms with van der Waals surface area (Å²) in [5, 5.41) is 1.22.